The van der Waals surface area contributed by atoms with Crippen LogP contribution < -0.4 is 15.4 Å². The number of carbonyl (C=O) groups is 1. The molecule has 0 unspecified atom stereocenters. The van der Waals surface area contributed by atoms with Crippen molar-refractivity contribution >= 4 is 39.5 Å². The molecule has 176 valence electrons. The van der Waals surface area contributed by atoms with Gasteiger partial charge < -0.3 is 20.1 Å². The number of benzene rings is 1. The number of halogens is 1. The highest BCUT2D eigenvalue weighted by Gasteiger charge is 2.15. The number of likely N-dealkylation sites (N-methyl/N-ethyl adjacent to an activating group) is 1. The van der Waals surface area contributed by atoms with E-state index in [2.05, 4.69) is 56.6 Å². The first-order valence-corrected chi connectivity index (χ1v) is 11.3. The Kier molecular flexibility index (Phi) is 10.3. The molecule has 0 saturated heterocycles. The molecule has 0 amide bonds. The Morgan fingerprint density at radius 2 is 2.12 bits per heavy atom. The van der Waals surface area contributed by atoms with Gasteiger partial charge in [0.15, 0.2) is 11.5 Å². The van der Waals surface area contributed by atoms with Gasteiger partial charge in [0.05, 0.1) is 48.3 Å². The van der Waals surface area contributed by atoms with Crippen molar-refractivity contribution < 1.29 is 14.3 Å². The topological polar surface area (TPSA) is 84.3 Å². The molecule has 1 atom stereocenters. The SMILES string of the molecule is C=CC1=C(C(C)=O)C=NC/C(NC)=C/C(Nc2cc(COC[C@@H](C)C=C)cc(Br)c2OC)=N1. The summed E-state index contributed by atoms with van der Waals surface area (Å²) < 4.78 is 12.2. The third kappa shape index (κ3) is 7.54. The summed E-state index contributed by atoms with van der Waals surface area (Å²) in [6.45, 7) is 12.5. The van der Waals surface area contributed by atoms with Crippen LogP contribution in [0.5, 0.6) is 5.75 Å². The van der Waals surface area contributed by atoms with E-state index in [0.29, 0.717) is 48.3 Å². The molecule has 1 heterocycles. The molecule has 0 bridgehead atoms. The molecule has 1 aliphatic heterocycles. The van der Waals surface area contributed by atoms with Crippen LogP contribution in [0.4, 0.5) is 5.69 Å². The zero-order valence-electron chi connectivity index (χ0n) is 19.6. The molecule has 1 aromatic carbocycles. The van der Waals surface area contributed by atoms with Crippen molar-refractivity contribution in [3.8, 4) is 5.75 Å². The number of hydrogen-bond donors (Lipinski definition) is 2. The first-order valence-electron chi connectivity index (χ1n) is 10.5. The lowest BCUT2D eigenvalue weighted by atomic mass is 10.1. The van der Waals surface area contributed by atoms with Crippen LogP contribution in [0, 0.1) is 5.92 Å². The third-order valence-electron chi connectivity index (χ3n) is 4.83. The number of ether oxygens (including phenoxy) is 2. The summed E-state index contributed by atoms with van der Waals surface area (Å²) in [5.41, 5.74) is 3.29. The standard InChI is InChI=1S/C25H31BrN4O3/c1-7-16(3)14-33-15-18-9-21(26)25(32-6)23(10-18)30-24-11-19(27-5)12-28-13-20(17(4)31)22(8-2)29-24/h7-11,13,16,27H,1-2,12,14-15H2,3-6H3,(H,29,30)/b19-11-,22-20?,28-13?/t16-/m0/s1. The van der Waals surface area contributed by atoms with Gasteiger partial charge in [-0.15, -0.1) is 6.58 Å². The predicted octanol–water partition coefficient (Wildman–Crippen LogP) is 4.82. The number of Topliss-reactive ketones (excluding diaryl/α,β-unsaturated/α-hetero) is 1. The quantitative estimate of drug-likeness (QED) is 0.437. The van der Waals surface area contributed by atoms with Gasteiger partial charge in [0.1, 0.15) is 5.84 Å². The van der Waals surface area contributed by atoms with Crippen LogP contribution in [0.1, 0.15) is 19.4 Å². The molecule has 0 radical (unpaired) electrons. The van der Waals surface area contributed by atoms with Crippen LogP contribution in [0.15, 0.2) is 74.9 Å². The van der Waals surface area contributed by atoms with Crippen molar-refractivity contribution in [2.45, 2.75) is 20.5 Å². The van der Waals surface area contributed by atoms with Gasteiger partial charge in [-0.2, -0.15) is 0 Å². The Morgan fingerprint density at radius 3 is 2.73 bits per heavy atom. The normalized spacial score (nSPS) is 16.4. The van der Waals surface area contributed by atoms with Gasteiger partial charge in [-0.1, -0.05) is 19.6 Å². The number of carbonyl (C=O) groups excluding carboxylic acids is 1. The molecule has 8 heteroatoms. The maximum Gasteiger partial charge on any atom is 0.163 e. The summed E-state index contributed by atoms with van der Waals surface area (Å²) in [5.74, 6) is 1.25. The Bertz CT molecular complexity index is 1020. The number of hydrogen-bond acceptors (Lipinski definition) is 7. The van der Waals surface area contributed by atoms with Crippen LogP contribution in [-0.2, 0) is 16.1 Å². The van der Waals surface area contributed by atoms with E-state index in [1.807, 2.05) is 31.3 Å². The number of amidine groups is 1. The molecule has 2 N–H and O–H groups in total. The second kappa shape index (κ2) is 12.9. The number of allylic oxidation sites excluding steroid dienone is 2. The summed E-state index contributed by atoms with van der Waals surface area (Å²) in [7, 11) is 3.41. The maximum absolute atomic E-state index is 12.2. The minimum Gasteiger partial charge on any atom is -0.493 e. The van der Waals surface area contributed by atoms with E-state index in [1.54, 1.807) is 13.2 Å². The lowest BCUT2D eigenvalue weighted by molar-refractivity contribution is -0.113. The van der Waals surface area contributed by atoms with Crippen molar-refractivity contribution in [3.05, 3.63) is 70.5 Å². The van der Waals surface area contributed by atoms with Crippen molar-refractivity contribution in [2.75, 3.05) is 32.6 Å². The van der Waals surface area contributed by atoms with Crippen molar-refractivity contribution in [1.82, 2.24) is 5.32 Å². The number of aliphatic imine (C=N–C) groups is 2. The predicted molar refractivity (Wildman–Crippen MR) is 139 cm³/mol. The summed E-state index contributed by atoms with van der Waals surface area (Å²) in [4.78, 5) is 21.2. The fourth-order valence-electron chi connectivity index (χ4n) is 2.98. The molecular weight excluding hydrogens is 484 g/mol. The van der Waals surface area contributed by atoms with E-state index in [0.717, 1.165) is 15.7 Å². The lowest BCUT2D eigenvalue weighted by Gasteiger charge is -2.16. The summed E-state index contributed by atoms with van der Waals surface area (Å²) in [6.07, 6.45) is 6.78. The van der Waals surface area contributed by atoms with Gasteiger partial charge in [0.2, 0.25) is 0 Å². The molecule has 7 nitrogen and oxygen atoms in total. The largest absolute Gasteiger partial charge is 0.493 e. The molecule has 0 aliphatic carbocycles. The van der Waals surface area contributed by atoms with E-state index < -0.39 is 0 Å². The molecule has 1 aromatic rings. The number of methoxy groups -OCH3 is 1. The lowest BCUT2D eigenvalue weighted by Crippen LogP contribution is -2.16. The highest BCUT2D eigenvalue weighted by molar-refractivity contribution is 9.10. The highest BCUT2D eigenvalue weighted by Crippen LogP contribution is 2.35. The second-order valence-corrected chi connectivity index (χ2v) is 8.31. The van der Waals surface area contributed by atoms with Gasteiger partial charge >= 0.3 is 0 Å². The van der Waals surface area contributed by atoms with Crippen molar-refractivity contribution in [2.24, 2.45) is 15.9 Å². The Balaban J connectivity index is 2.49. The minimum atomic E-state index is -0.141. The smallest absolute Gasteiger partial charge is 0.163 e. The average Bonchev–Trinajstić information content (AvgIpc) is 2.87. The fraction of sp³-hybridized carbons (Fsp3) is 0.320. The van der Waals surface area contributed by atoms with Crippen LogP contribution in [0.2, 0.25) is 0 Å². The van der Waals surface area contributed by atoms with Crippen LogP contribution >= 0.6 is 15.9 Å². The van der Waals surface area contributed by atoms with E-state index in [1.165, 1.54) is 13.1 Å². The van der Waals surface area contributed by atoms with Crippen molar-refractivity contribution in [3.63, 3.8) is 0 Å². The molecule has 0 spiro atoms. The summed E-state index contributed by atoms with van der Waals surface area (Å²) in [6, 6.07) is 3.91. The van der Waals surface area contributed by atoms with Gasteiger partial charge in [-0.05, 0) is 52.5 Å². The zero-order chi connectivity index (χ0) is 24.4. The van der Waals surface area contributed by atoms with E-state index in [-0.39, 0.29) is 11.7 Å². The Labute approximate surface area is 204 Å². The first-order chi connectivity index (χ1) is 15.8. The number of anilines is 1. The first kappa shape index (κ1) is 26.3. The molecule has 2 rings (SSSR count). The summed E-state index contributed by atoms with van der Waals surface area (Å²) >= 11 is 3.58. The number of nitrogens with zero attached hydrogens (tertiary/aromatic N) is 2. The number of ketones is 1. The molecule has 0 fully saturated rings. The van der Waals surface area contributed by atoms with E-state index in [4.69, 9.17) is 9.47 Å². The Hall–Kier alpha value is -2.97. The third-order valence-corrected chi connectivity index (χ3v) is 5.41. The summed E-state index contributed by atoms with van der Waals surface area (Å²) in [5, 5.41) is 6.45. The van der Waals surface area contributed by atoms with E-state index >= 15 is 0 Å². The fourth-order valence-corrected chi connectivity index (χ4v) is 3.65. The van der Waals surface area contributed by atoms with Gasteiger partial charge in [-0.25, -0.2) is 4.99 Å². The minimum absolute atomic E-state index is 0.141. The zero-order valence-corrected chi connectivity index (χ0v) is 21.2. The van der Waals surface area contributed by atoms with Gasteiger partial charge in [-0.3, -0.25) is 9.79 Å². The molecule has 33 heavy (non-hydrogen) atoms. The molecule has 0 saturated carbocycles. The maximum atomic E-state index is 12.2. The monoisotopic (exact) mass is 514 g/mol. The molecule has 1 aliphatic rings. The van der Waals surface area contributed by atoms with Gasteiger partial charge in [0.25, 0.3) is 0 Å². The number of rotatable bonds is 10. The molecule has 0 aromatic heterocycles. The number of nitrogens with one attached hydrogen (secondary N) is 2. The second-order valence-electron chi connectivity index (χ2n) is 7.46. The van der Waals surface area contributed by atoms with Gasteiger partial charge in [0, 0.05) is 25.0 Å². The highest BCUT2D eigenvalue weighted by atomic mass is 79.9. The van der Waals surface area contributed by atoms with Crippen molar-refractivity contribution in [1.29, 1.82) is 0 Å². The Morgan fingerprint density at radius 1 is 1.36 bits per heavy atom. The average molecular weight is 515 g/mol. The molecular formula is C25H31BrN4O3. The van der Waals surface area contributed by atoms with E-state index in [9.17, 15) is 4.79 Å². The van der Waals surface area contributed by atoms with Crippen LogP contribution in [0.3, 0.4) is 0 Å². The van der Waals surface area contributed by atoms with Crippen LogP contribution in [0.25, 0.3) is 0 Å². The van der Waals surface area contributed by atoms with Crippen LogP contribution in [-0.4, -0.2) is 45.1 Å².